The van der Waals surface area contributed by atoms with E-state index in [0.717, 1.165) is 16.3 Å². The minimum atomic E-state index is 0.923. The molecule has 1 heterocycles. The molecule has 1 nitrogen and oxygen atoms in total. The lowest BCUT2D eigenvalue weighted by Crippen LogP contribution is -1.90. The maximum atomic E-state index is 4.93. The molecule has 0 aliphatic rings. The van der Waals surface area contributed by atoms with E-state index in [0.29, 0.717) is 0 Å². The van der Waals surface area contributed by atoms with Crippen molar-refractivity contribution in [2.45, 2.75) is 10.8 Å². The molecule has 2 heteroatoms. The smallest absolute Gasteiger partial charge is 0.105 e. The maximum Gasteiger partial charge on any atom is 0.105 e. The fourth-order valence-electron chi connectivity index (χ4n) is 2.76. The number of nitrogens with zero attached hydrogens (tertiary/aromatic N) is 1. The molecule has 0 unspecified atom stereocenters. The molecular weight excluding hydrogens is 310 g/mol. The van der Waals surface area contributed by atoms with Gasteiger partial charge < -0.3 is 0 Å². The lowest BCUT2D eigenvalue weighted by Gasteiger charge is -2.11. The van der Waals surface area contributed by atoms with Crippen LogP contribution in [0, 0.1) is 0 Å². The summed E-state index contributed by atoms with van der Waals surface area (Å²) >= 11 is 1.80. The molecule has 4 rings (SSSR count). The van der Waals surface area contributed by atoms with Crippen molar-refractivity contribution in [1.82, 2.24) is 4.98 Å². The number of para-hydroxylation sites is 1. The van der Waals surface area contributed by atoms with E-state index in [1.54, 1.807) is 11.8 Å². The van der Waals surface area contributed by atoms with Gasteiger partial charge in [-0.05, 0) is 23.3 Å². The van der Waals surface area contributed by atoms with E-state index in [9.17, 15) is 0 Å². The third-order valence-corrected chi connectivity index (χ3v) is 5.05. The molecule has 4 aromatic rings. The van der Waals surface area contributed by atoms with Crippen LogP contribution in [0.3, 0.4) is 0 Å². The Kier molecular flexibility index (Phi) is 4.30. The van der Waals surface area contributed by atoms with Gasteiger partial charge in [-0.2, -0.15) is 0 Å². The van der Waals surface area contributed by atoms with Crippen molar-refractivity contribution in [1.29, 1.82) is 0 Å². The van der Waals surface area contributed by atoms with E-state index in [4.69, 9.17) is 4.98 Å². The first-order valence-corrected chi connectivity index (χ1v) is 9.01. The van der Waals surface area contributed by atoms with Crippen molar-refractivity contribution in [2.75, 3.05) is 0 Å². The molecule has 0 aliphatic carbocycles. The zero-order valence-corrected chi connectivity index (χ0v) is 14.0. The minimum absolute atomic E-state index is 0.923. The number of hydrogen-bond acceptors (Lipinski definition) is 2. The summed E-state index contributed by atoms with van der Waals surface area (Å²) in [4.78, 5) is 4.93. The number of pyridine rings is 1. The monoisotopic (exact) mass is 327 g/mol. The summed E-state index contributed by atoms with van der Waals surface area (Å²) in [5.74, 6) is 0.923. The lowest BCUT2D eigenvalue weighted by molar-refractivity contribution is 1.19. The predicted molar refractivity (Wildman–Crippen MR) is 103 cm³/mol. The number of hydrogen-bond donors (Lipinski definition) is 0. The van der Waals surface area contributed by atoms with Gasteiger partial charge in [0.05, 0.1) is 5.52 Å². The van der Waals surface area contributed by atoms with Crippen molar-refractivity contribution in [2.24, 2.45) is 0 Å². The predicted octanol–water partition coefficient (Wildman–Crippen LogP) is 6.19. The summed E-state index contributed by atoms with van der Waals surface area (Å²) in [6.45, 7) is 0. The van der Waals surface area contributed by atoms with Crippen LogP contribution in [0.5, 0.6) is 0 Å². The molecule has 0 spiro atoms. The third-order valence-electron chi connectivity index (χ3n) is 3.99. The fourth-order valence-corrected chi connectivity index (χ4v) is 3.75. The second kappa shape index (κ2) is 6.90. The first-order valence-electron chi connectivity index (χ1n) is 8.02. The van der Waals surface area contributed by atoms with E-state index in [1.165, 1.54) is 22.1 Å². The second-order valence-corrected chi connectivity index (χ2v) is 6.64. The van der Waals surface area contributed by atoms with Gasteiger partial charge in [0.2, 0.25) is 0 Å². The van der Waals surface area contributed by atoms with Crippen molar-refractivity contribution in [3.8, 4) is 11.1 Å². The normalized spacial score (nSPS) is 10.8. The molecule has 3 aromatic carbocycles. The lowest BCUT2D eigenvalue weighted by atomic mass is 10.1. The third kappa shape index (κ3) is 3.19. The van der Waals surface area contributed by atoms with Crippen molar-refractivity contribution < 1.29 is 0 Å². The van der Waals surface area contributed by atoms with E-state index >= 15 is 0 Å². The second-order valence-electron chi connectivity index (χ2n) is 5.67. The van der Waals surface area contributed by atoms with Crippen LogP contribution in [-0.2, 0) is 5.75 Å². The Labute approximate surface area is 146 Å². The van der Waals surface area contributed by atoms with E-state index in [2.05, 4.69) is 84.9 Å². The number of fused-ring (bicyclic) bond motifs is 1. The molecule has 0 amide bonds. The van der Waals surface area contributed by atoms with Gasteiger partial charge in [0.1, 0.15) is 5.03 Å². The zero-order valence-electron chi connectivity index (χ0n) is 13.2. The molecular formula is C22H17NS. The van der Waals surface area contributed by atoms with Gasteiger partial charge >= 0.3 is 0 Å². The Hall–Kier alpha value is -2.58. The average molecular weight is 327 g/mol. The largest absolute Gasteiger partial charge is 0.241 e. The summed E-state index contributed by atoms with van der Waals surface area (Å²) in [7, 11) is 0. The van der Waals surface area contributed by atoms with Crippen LogP contribution in [0.15, 0.2) is 96.0 Å². The average Bonchev–Trinajstić information content (AvgIpc) is 2.67. The Morgan fingerprint density at radius 1 is 0.708 bits per heavy atom. The van der Waals surface area contributed by atoms with Gasteiger partial charge in [-0.15, -0.1) is 11.8 Å². The highest BCUT2D eigenvalue weighted by atomic mass is 32.2. The zero-order chi connectivity index (χ0) is 16.2. The van der Waals surface area contributed by atoms with Crippen LogP contribution < -0.4 is 0 Å². The van der Waals surface area contributed by atoms with Crippen LogP contribution in [0.2, 0.25) is 0 Å². The highest BCUT2D eigenvalue weighted by Gasteiger charge is 2.10. The first kappa shape index (κ1) is 15.0. The van der Waals surface area contributed by atoms with Crippen LogP contribution in [0.25, 0.3) is 22.0 Å². The summed E-state index contributed by atoms with van der Waals surface area (Å²) < 4.78 is 0. The molecule has 0 atom stereocenters. The summed E-state index contributed by atoms with van der Waals surface area (Å²) in [6, 6.07) is 31.6. The van der Waals surface area contributed by atoms with Gasteiger partial charge in [0.25, 0.3) is 0 Å². The molecule has 0 radical (unpaired) electrons. The van der Waals surface area contributed by atoms with E-state index in [1.807, 2.05) is 6.07 Å². The molecule has 0 N–H and O–H groups in total. The Morgan fingerprint density at radius 3 is 2.17 bits per heavy atom. The summed E-state index contributed by atoms with van der Waals surface area (Å²) in [5, 5.41) is 2.27. The number of thioether (sulfide) groups is 1. The molecule has 0 saturated heterocycles. The number of aromatic nitrogens is 1. The van der Waals surface area contributed by atoms with Crippen LogP contribution in [-0.4, -0.2) is 4.98 Å². The number of benzene rings is 3. The highest BCUT2D eigenvalue weighted by Crippen LogP contribution is 2.34. The van der Waals surface area contributed by atoms with Gasteiger partial charge in [0.15, 0.2) is 0 Å². The van der Waals surface area contributed by atoms with Crippen LogP contribution in [0.4, 0.5) is 0 Å². The SMILES string of the molecule is c1ccc(CSc2nc3ccccc3cc2-c2ccccc2)cc1. The molecule has 0 saturated carbocycles. The highest BCUT2D eigenvalue weighted by molar-refractivity contribution is 7.98. The van der Waals surface area contributed by atoms with Gasteiger partial charge in [0, 0.05) is 16.7 Å². The van der Waals surface area contributed by atoms with Crippen molar-refractivity contribution in [3.05, 3.63) is 96.6 Å². The van der Waals surface area contributed by atoms with Gasteiger partial charge in [-0.3, -0.25) is 0 Å². The molecule has 0 fully saturated rings. The van der Waals surface area contributed by atoms with Crippen LogP contribution in [0.1, 0.15) is 5.56 Å². The maximum absolute atomic E-state index is 4.93. The fraction of sp³-hybridized carbons (Fsp3) is 0.0455. The quantitative estimate of drug-likeness (QED) is 0.414. The first-order chi connectivity index (χ1) is 11.9. The Morgan fingerprint density at radius 2 is 1.38 bits per heavy atom. The van der Waals surface area contributed by atoms with E-state index < -0.39 is 0 Å². The Bertz CT molecular complexity index is 949. The molecule has 1 aromatic heterocycles. The molecule has 0 bridgehead atoms. The summed E-state index contributed by atoms with van der Waals surface area (Å²) in [5.41, 5.74) is 4.78. The minimum Gasteiger partial charge on any atom is -0.241 e. The summed E-state index contributed by atoms with van der Waals surface area (Å²) in [6.07, 6.45) is 0. The van der Waals surface area contributed by atoms with Crippen molar-refractivity contribution >= 4 is 22.7 Å². The van der Waals surface area contributed by atoms with Gasteiger partial charge in [-0.25, -0.2) is 4.98 Å². The molecule has 24 heavy (non-hydrogen) atoms. The van der Waals surface area contributed by atoms with Crippen molar-refractivity contribution in [3.63, 3.8) is 0 Å². The topological polar surface area (TPSA) is 12.9 Å². The van der Waals surface area contributed by atoms with Gasteiger partial charge in [-0.1, -0.05) is 78.9 Å². The Balaban J connectivity index is 1.77. The standard InChI is InChI=1S/C22H17NS/c1-3-9-17(10-4-1)16-24-22-20(18-11-5-2-6-12-18)15-19-13-7-8-14-21(19)23-22/h1-15H,16H2. The molecule has 116 valence electrons. The number of rotatable bonds is 4. The van der Waals surface area contributed by atoms with Crippen LogP contribution >= 0.6 is 11.8 Å². The van der Waals surface area contributed by atoms with E-state index in [-0.39, 0.29) is 0 Å². The molecule has 0 aliphatic heterocycles.